The average molecular weight is 277 g/mol. The van der Waals surface area contributed by atoms with E-state index in [1.807, 2.05) is 51.1 Å². The summed E-state index contributed by atoms with van der Waals surface area (Å²) in [6.45, 7) is 5.52. The summed E-state index contributed by atoms with van der Waals surface area (Å²) in [4.78, 5) is 23.5. The summed E-state index contributed by atoms with van der Waals surface area (Å²) in [5.41, 5.74) is 0.0512. The minimum Gasteiger partial charge on any atom is -0.481 e. The Balaban J connectivity index is 2.70. The number of carbonyl (C=O) groups is 2. The van der Waals surface area contributed by atoms with Gasteiger partial charge in [-0.25, -0.2) is 0 Å². The van der Waals surface area contributed by atoms with Crippen molar-refractivity contribution in [2.45, 2.75) is 46.1 Å². The summed E-state index contributed by atoms with van der Waals surface area (Å²) in [5.74, 6) is -1.11. The zero-order valence-electron chi connectivity index (χ0n) is 12.3. The van der Waals surface area contributed by atoms with Gasteiger partial charge in [0.15, 0.2) is 0 Å². The Hall–Kier alpha value is -1.84. The molecule has 1 amide bonds. The maximum absolute atomic E-state index is 12.1. The molecular formula is C16H23NO3. The zero-order valence-corrected chi connectivity index (χ0v) is 12.3. The normalized spacial score (nSPS) is 12.8. The van der Waals surface area contributed by atoms with E-state index in [2.05, 4.69) is 5.32 Å². The van der Waals surface area contributed by atoms with Crippen molar-refractivity contribution < 1.29 is 14.7 Å². The molecule has 0 radical (unpaired) electrons. The number of carboxylic acid groups (broad SMARTS) is 1. The summed E-state index contributed by atoms with van der Waals surface area (Å²) in [6.07, 6.45) is 0.921. The summed E-state index contributed by atoms with van der Waals surface area (Å²) < 4.78 is 0. The third-order valence-corrected chi connectivity index (χ3v) is 3.98. The Morgan fingerprint density at radius 3 is 2.20 bits per heavy atom. The molecule has 110 valence electrons. The van der Waals surface area contributed by atoms with E-state index < -0.39 is 11.4 Å². The van der Waals surface area contributed by atoms with E-state index in [-0.39, 0.29) is 18.4 Å². The van der Waals surface area contributed by atoms with Gasteiger partial charge in [0.2, 0.25) is 5.91 Å². The highest BCUT2D eigenvalue weighted by molar-refractivity contribution is 5.85. The highest BCUT2D eigenvalue weighted by Crippen LogP contribution is 2.31. The first-order valence-electron chi connectivity index (χ1n) is 7.03. The fraction of sp³-hybridized carbons (Fsp3) is 0.500. The second-order valence-corrected chi connectivity index (χ2v) is 5.17. The third kappa shape index (κ3) is 3.83. The minimum atomic E-state index is -0.958. The molecule has 2 N–H and O–H groups in total. The molecule has 4 nitrogen and oxygen atoms in total. The summed E-state index contributed by atoms with van der Waals surface area (Å²) >= 11 is 0. The topological polar surface area (TPSA) is 66.4 Å². The standard InChI is InChI=1S/C16H23NO3/c1-4-16(5-2,15(19)20)11-14(18)17-12(3)13-9-7-6-8-10-13/h6-10,12H,4-5,11H2,1-3H3,(H,17,18)(H,19,20). The van der Waals surface area contributed by atoms with Crippen molar-refractivity contribution in [2.24, 2.45) is 5.41 Å². The van der Waals surface area contributed by atoms with Crippen LogP contribution in [-0.4, -0.2) is 17.0 Å². The summed E-state index contributed by atoms with van der Waals surface area (Å²) in [5, 5.41) is 12.2. The van der Waals surface area contributed by atoms with Crippen LogP contribution < -0.4 is 5.32 Å². The van der Waals surface area contributed by atoms with Crippen LogP contribution in [0.4, 0.5) is 0 Å². The molecule has 0 heterocycles. The molecule has 0 aliphatic carbocycles. The number of rotatable bonds is 7. The second-order valence-electron chi connectivity index (χ2n) is 5.17. The lowest BCUT2D eigenvalue weighted by molar-refractivity contribution is -0.152. The predicted molar refractivity (Wildman–Crippen MR) is 78.3 cm³/mol. The van der Waals surface area contributed by atoms with E-state index >= 15 is 0 Å². The number of hydrogen-bond acceptors (Lipinski definition) is 2. The van der Waals surface area contributed by atoms with Crippen LogP contribution in [0.2, 0.25) is 0 Å². The molecule has 0 spiro atoms. The first-order chi connectivity index (χ1) is 9.45. The molecule has 0 aliphatic rings. The van der Waals surface area contributed by atoms with Gasteiger partial charge in [0.1, 0.15) is 0 Å². The number of nitrogens with one attached hydrogen (secondary N) is 1. The van der Waals surface area contributed by atoms with Gasteiger partial charge in [0.25, 0.3) is 0 Å². The van der Waals surface area contributed by atoms with Crippen molar-refractivity contribution in [1.82, 2.24) is 5.32 Å². The zero-order chi connectivity index (χ0) is 15.2. The van der Waals surface area contributed by atoms with E-state index in [0.717, 1.165) is 5.56 Å². The lowest BCUT2D eigenvalue weighted by atomic mass is 9.79. The van der Waals surface area contributed by atoms with Gasteiger partial charge in [-0.2, -0.15) is 0 Å². The van der Waals surface area contributed by atoms with Crippen molar-refractivity contribution in [2.75, 3.05) is 0 Å². The summed E-state index contributed by atoms with van der Waals surface area (Å²) in [7, 11) is 0. The number of carbonyl (C=O) groups excluding carboxylic acids is 1. The molecule has 0 fully saturated rings. The second kappa shape index (κ2) is 7.08. The highest BCUT2D eigenvalue weighted by Gasteiger charge is 2.37. The van der Waals surface area contributed by atoms with Crippen molar-refractivity contribution in [3.05, 3.63) is 35.9 Å². The van der Waals surface area contributed by atoms with Crippen LogP contribution in [0.15, 0.2) is 30.3 Å². The highest BCUT2D eigenvalue weighted by atomic mass is 16.4. The maximum atomic E-state index is 12.1. The number of benzene rings is 1. The fourth-order valence-electron chi connectivity index (χ4n) is 2.30. The van der Waals surface area contributed by atoms with Crippen LogP contribution in [0.5, 0.6) is 0 Å². The van der Waals surface area contributed by atoms with Crippen molar-refractivity contribution in [1.29, 1.82) is 0 Å². The number of hydrogen-bond donors (Lipinski definition) is 2. The molecule has 0 saturated heterocycles. The van der Waals surface area contributed by atoms with Gasteiger partial charge < -0.3 is 10.4 Å². The Morgan fingerprint density at radius 2 is 1.75 bits per heavy atom. The minimum absolute atomic E-state index is 0.0203. The molecule has 0 saturated carbocycles. The van der Waals surface area contributed by atoms with Gasteiger partial charge in [-0.3, -0.25) is 9.59 Å². The largest absolute Gasteiger partial charge is 0.481 e. The molecule has 1 unspecified atom stereocenters. The van der Waals surface area contributed by atoms with E-state index in [0.29, 0.717) is 12.8 Å². The van der Waals surface area contributed by atoms with Gasteiger partial charge in [-0.15, -0.1) is 0 Å². The van der Waals surface area contributed by atoms with Gasteiger partial charge in [0, 0.05) is 6.42 Å². The molecule has 20 heavy (non-hydrogen) atoms. The molecule has 0 aromatic heterocycles. The van der Waals surface area contributed by atoms with E-state index in [1.54, 1.807) is 0 Å². The molecule has 1 aromatic carbocycles. The Bertz CT molecular complexity index is 452. The van der Waals surface area contributed by atoms with Gasteiger partial charge >= 0.3 is 5.97 Å². The maximum Gasteiger partial charge on any atom is 0.310 e. The predicted octanol–water partition coefficient (Wildman–Crippen LogP) is 3.14. The fourth-order valence-corrected chi connectivity index (χ4v) is 2.30. The van der Waals surface area contributed by atoms with Crippen molar-refractivity contribution in [3.63, 3.8) is 0 Å². The van der Waals surface area contributed by atoms with Crippen molar-refractivity contribution >= 4 is 11.9 Å². The SMILES string of the molecule is CCC(CC)(CC(=O)NC(C)c1ccccc1)C(=O)O. The molecule has 1 rings (SSSR count). The van der Waals surface area contributed by atoms with Crippen LogP contribution in [-0.2, 0) is 9.59 Å². The van der Waals surface area contributed by atoms with Crippen molar-refractivity contribution in [3.8, 4) is 0 Å². The van der Waals surface area contributed by atoms with E-state index in [9.17, 15) is 14.7 Å². The molecular weight excluding hydrogens is 254 g/mol. The average Bonchev–Trinajstić information content (AvgIpc) is 2.45. The third-order valence-electron chi connectivity index (χ3n) is 3.98. The molecule has 4 heteroatoms. The molecule has 1 aromatic rings. The van der Waals surface area contributed by atoms with Crippen LogP contribution in [0.25, 0.3) is 0 Å². The number of amides is 1. The number of aliphatic carboxylic acids is 1. The monoisotopic (exact) mass is 277 g/mol. The van der Waals surface area contributed by atoms with Crippen LogP contribution in [0.1, 0.15) is 51.6 Å². The first kappa shape index (κ1) is 16.2. The van der Waals surface area contributed by atoms with Gasteiger partial charge in [-0.1, -0.05) is 44.2 Å². The van der Waals surface area contributed by atoms with Crippen LogP contribution >= 0.6 is 0 Å². The Morgan fingerprint density at radius 1 is 1.20 bits per heavy atom. The van der Waals surface area contributed by atoms with Gasteiger partial charge in [0.05, 0.1) is 11.5 Å². The first-order valence-corrected chi connectivity index (χ1v) is 7.03. The summed E-state index contributed by atoms with van der Waals surface area (Å²) in [6, 6.07) is 9.50. The van der Waals surface area contributed by atoms with Gasteiger partial charge in [-0.05, 0) is 25.3 Å². The van der Waals surface area contributed by atoms with E-state index in [1.165, 1.54) is 0 Å². The lowest BCUT2D eigenvalue weighted by Crippen LogP contribution is -2.37. The molecule has 0 aliphatic heterocycles. The lowest BCUT2D eigenvalue weighted by Gasteiger charge is -2.26. The molecule has 0 bridgehead atoms. The Labute approximate surface area is 120 Å². The van der Waals surface area contributed by atoms with E-state index in [4.69, 9.17) is 0 Å². The quantitative estimate of drug-likeness (QED) is 0.804. The molecule has 1 atom stereocenters. The Kier molecular flexibility index (Phi) is 5.74. The van der Waals surface area contributed by atoms with Crippen LogP contribution in [0, 0.1) is 5.41 Å². The smallest absolute Gasteiger partial charge is 0.310 e. The number of carboxylic acids is 1. The van der Waals surface area contributed by atoms with Crippen LogP contribution in [0.3, 0.4) is 0 Å².